The van der Waals surface area contributed by atoms with Crippen molar-refractivity contribution in [2.45, 2.75) is 71.0 Å². The third-order valence-corrected chi connectivity index (χ3v) is 8.36. The van der Waals surface area contributed by atoms with E-state index in [0.717, 1.165) is 36.6 Å². The zero-order valence-electron chi connectivity index (χ0n) is 21.5. The van der Waals surface area contributed by atoms with Crippen molar-refractivity contribution >= 4 is 16.9 Å². The van der Waals surface area contributed by atoms with Crippen LogP contribution in [0.2, 0.25) is 0 Å². The lowest BCUT2D eigenvalue weighted by molar-refractivity contribution is -0.143. The van der Waals surface area contributed by atoms with Crippen LogP contribution in [0.25, 0.3) is 11.0 Å². The van der Waals surface area contributed by atoms with E-state index < -0.39 is 11.2 Å². The number of piperidine rings is 1. The van der Waals surface area contributed by atoms with Crippen molar-refractivity contribution in [3.63, 3.8) is 0 Å². The van der Waals surface area contributed by atoms with Crippen molar-refractivity contribution in [2.24, 2.45) is 5.92 Å². The minimum Gasteiger partial charge on any atom is -0.488 e. The molecule has 37 heavy (non-hydrogen) atoms. The summed E-state index contributed by atoms with van der Waals surface area (Å²) in [5.41, 5.74) is 1.78. The molecule has 1 aliphatic carbocycles. The van der Waals surface area contributed by atoms with E-state index in [1.54, 1.807) is 24.3 Å². The summed E-state index contributed by atoms with van der Waals surface area (Å²) < 4.78 is 25.5. The Bertz CT molecular complexity index is 1380. The number of fused-ring (bicyclic) bond motifs is 2. The van der Waals surface area contributed by atoms with Gasteiger partial charge in [0.15, 0.2) is 0 Å². The van der Waals surface area contributed by atoms with Gasteiger partial charge in [-0.2, -0.15) is 0 Å². The largest absolute Gasteiger partial charge is 0.488 e. The van der Waals surface area contributed by atoms with Crippen molar-refractivity contribution in [1.29, 1.82) is 0 Å². The Balaban J connectivity index is 1.29. The lowest BCUT2D eigenvalue weighted by Gasteiger charge is -2.47. The van der Waals surface area contributed by atoms with Crippen molar-refractivity contribution in [2.75, 3.05) is 13.1 Å². The molecule has 7 heteroatoms. The van der Waals surface area contributed by atoms with Gasteiger partial charge in [0.2, 0.25) is 5.91 Å². The summed E-state index contributed by atoms with van der Waals surface area (Å²) in [5, 5.41) is 11.7. The van der Waals surface area contributed by atoms with Crippen molar-refractivity contribution in [3.8, 4) is 5.75 Å². The quantitative estimate of drug-likeness (QED) is 0.463. The zero-order valence-corrected chi connectivity index (χ0v) is 21.5. The molecule has 1 amide bonds. The number of carbonyl (C=O) groups excluding carboxylic acids is 1. The molecule has 2 fully saturated rings. The van der Waals surface area contributed by atoms with Gasteiger partial charge in [0.1, 0.15) is 23.8 Å². The van der Waals surface area contributed by atoms with Gasteiger partial charge in [-0.15, -0.1) is 0 Å². The number of aryl methyl sites for hydroxylation is 2. The van der Waals surface area contributed by atoms with Gasteiger partial charge >= 0.3 is 5.63 Å². The lowest BCUT2D eigenvalue weighted by atomic mass is 9.71. The van der Waals surface area contributed by atoms with Crippen LogP contribution < -0.4 is 10.4 Å². The van der Waals surface area contributed by atoms with E-state index in [0.29, 0.717) is 54.0 Å². The Morgan fingerprint density at radius 1 is 1.16 bits per heavy atom. The van der Waals surface area contributed by atoms with Crippen LogP contribution in [0.3, 0.4) is 0 Å². The number of benzene rings is 2. The van der Waals surface area contributed by atoms with Crippen LogP contribution in [-0.4, -0.2) is 34.6 Å². The molecule has 2 aliphatic rings. The van der Waals surface area contributed by atoms with Crippen LogP contribution in [-0.2, 0) is 17.8 Å². The molecule has 1 aliphatic heterocycles. The predicted molar refractivity (Wildman–Crippen MR) is 139 cm³/mol. The molecule has 2 aromatic carbocycles. The summed E-state index contributed by atoms with van der Waals surface area (Å²) in [5.74, 6) is 0.347. The molecule has 0 bridgehead atoms. The van der Waals surface area contributed by atoms with E-state index in [9.17, 15) is 19.1 Å². The zero-order chi connectivity index (χ0) is 26.2. The van der Waals surface area contributed by atoms with Gasteiger partial charge in [-0.1, -0.05) is 31.0 Å². The van der Waals surface area contributed by atoms with Crippen LogP contribution in [0, 0.1) is 25.6 Å². The highest BCUT2D eigenvalue weighted by Gasteiger charge is 2.43. The predicted octanol–water partition coefficient (Wildman–Crippen LogP) is 5.21. The summed E-state index contributed by atoms with van der Waals surface area (Å²) in [6.45, 7) is 4.91. The van der Waals surface area contributed by atoms with Crippen LogP contribution in [0.5, 0.6) is 5.75 Å². The standard InChI is InChI=1S/C30H34FNO5/c1-19-23-10-12-26(36-18-21-7-3-4-9-25(21)31)20(2)28(23)37-29(34)24(19)11-13-27(33)32-16-15-30(35)14-6-5-8-22(30)17-32/h3-4,7,9-10,12,22,35H,5-6,8,11,13-18H2,1-2H3/t22-,30+/m1/s1. The topological polar surface area (TPSA) is 80.0 Å². The number of hydrogen-bond donors (Lipinski definition) is 1. The first-order chi connectivity index (χ1) is 17.8. The second-order valence-corrected chi connectivity index (χ2v) is 10.6. The molecule has 0 spiro atoms. The highest BCUT2D eigenvalue weighted by atomic mass is 19.1. The normalized spacial score (nSPS) is 21.6. The fourth-order valence-corrected chi connectivity index (χ4v) is 5.97. The maximum absolute atomic E-state index is 14.0. The molecule has 3 aromatic rings. The highest BCUT2D eigenvalue weighted by molar-refractivity contribution is 5.86. The number of amides is 1. The Kier molecular flexibility index (Phi) is 7.08. The third kappa shape index (κ3) is 5.01. The number of likely N-dealkylation sites (tertiary alicyclic amines) is 1. The Morgan fingerprint density at radius 3 is 2.78 bits per heavy atom. The van der Waals surface area contributed by atoms with Gasteiger partial charge in [0.25, 0.3) is 0 Å². The molecule has 5 rings (SSSR count). The van der Waals surface area contributed by atoms with E-state index in [-0.39, 0.29) is 30.7 Å². The molecule has 2 heterocycles. The molecule has 1 saturated carbocycles. The highest BCUT2D eigenvalue weighted by Crippen LogP contribution is 2.40. The number of hydrogen-bond acceptors (Lipinski definition) is 5. The van der Waals surface area contributed by atoms with Gasteiger partial charge in [-0.3, -0.25) is 4.79 Å². The van der Waals surface area contributed by atoms with Gasteiger partial charge in [-0.05, 0) is 63.3 Å². The van der Waals surface area contributed by atoms with E-state index in [1.807, 2.05) is 24.8 Å². The number of carbonyl (C=O) groups is 1. The van der Waals surface area contributed by atoms with Crippen LogP contribution >= 0.6 is 0 Å². The van der Waals surface area contributed by atoms with E-state index in [4.69, 9.17) is 9.15 Å². The molecule has 1 aromatic heterocycles. The van der Waals surface area contributed by atoms with E-state index in [2.05, 4.69) is 0 Å². The van der Waals surface area contributed by atoms with Crippen LogP contribution in [0.1, 0.15) is 60.8 Å². The molecular formula is C30H34FNO5. The first-order valence-corrected chi connectivity index (χ1v) is 13.2. The van der Waals surface area contributed by atoms with Gasteiger partial charge in [-0.25, -0.2) is 9.18 Å². The van der Waals surface area contributed by atoms with Crippen molar-refractivity contribution in [3.05, 3.63) is 74.9 Å². The second kappa shape index (κ2) is 10.3. The molecule has 2 atom stereocenters. The number of nitrogens with zero attached hydrogens (tertiary/aromatic N) is 1. The first kappa shape index (κ1) is 25.5. The summed E-state index contributed by atoms with van der Waals surface area (Å²) in [4.78, 5) is 27.8. The third-order valence-electron chi connectivity index (χ3n) is 8.36. The van der Waals surface area contributed by atoms with Gasteiger partial charge in [0, 0.05) is 47.5 Å². The SMILES string of the molecule is Cc1c(CCC(=O)N2CC[C@@]3(O)CCCC[C@@H]3C2)c(=O)oc2c(C)c(OCc3ccccc3F)ccc12. The Hall–Kier alpha value is -3.19. The maximum atomic E-state index is 14.0. The molecule has 0 unspecified atom stereocenters. The molecule has 0 radical (unpaired) electrons. The number of rotatable bonds is 6. The Labute approximate surface area is 216 Å². The second-order valence-electron chi connectivity index (χ2n) is 10.6. The minimum atomic E-state index is -0.624. The number of halogens is 1. The maximum Gasteiger partial charge on any atom is 0.339 e. The van der Waals surface area contributed by atoms with Gasteiger partial charge < -0.3 is 19.2 Å². The molecule has 1 N–H and O–H groups in total. The van der Waals surface area contributed by atoms with E-state index >= 15 is 0 Å². The molecule has 1 saturated heterocycles. The van der Waals surface area contributed by atoms with E-state index in [1.165, 1.54) is 6.07 Å². The van der Waals surface area contributed by atoms with Crippen molar-refractivity contribution in [1.82, 2.24) is 4.90 Å². The summed E-state index contributed by atoms with van der Waals surface area (Å²) in [6.07, 6.45) is 5.09. The molecule has 196 valence electrons. The number of ether oxygens (including phenoxy) is 1. The average molecular weight is 508 g/mol. The minimum absolute atomic E-state index is 0.0135. The molecular weight excluding hydrogens is 473 g/mol. The summed E-state index contributed by atoms with van der Waals surface area (Å²) in [6, 6.07) is 10.1. The average Bonchev–Trinajstić information content (AvgIpc) is 2.88. The Morgan fingerprint density at radius 2 is 1.97 bits per heavy atom. The summed E-state index contributed by atoms with van der Waals surface area (Å²) >= 11 is 0. The fourth-order valence-electron chi connectivity index (χ4n) is 5.97. The summed E-state index contributed by atoms with van der Waals surface area (Å²) in [7, 11) is 0. The lowest BCUT2D eigenvalue weighted by Crippen LogP contribution is -2.54. The monoisotopic (exact) mass is 507 g/mol. The van der Waals surface area contributed by atoms with Crippen LogP contribution in [0.4, 0.5) is 4.39 Å². The fraction of sp³-hybridized carbons (Fsp3) is 0.467. The number of aliphatic hydroxyl groups is 1. The smallest absolute Gasteiger partial charge is 0.339 e. The van der Waals surface area contributed by atoms with Crippen LogP contribution in [0.15, 0.2) is 45.6 Å². The molecule has 6 nitrogen and oxygen atoms in total. The first-order valence-electron chi connectivity index (χ1n) is 13.2. The van der Waals surface area contributed by atoms with Gasteiger partial charge in [0.05, 0.1) is 5.60 Å². The van der Waals surface area contributed by atoms with Crippen molar-refractivity contribution < 1.29 is 23.4 Å².